The van der Waals surface area contributed by atoms with Crippen LogP contribution in [0.2, 0.25) is 0 Å². The van der Waals surface area contributed by atoms with Crippen molar-refractivity contribution in [2.75, 3.05) is 0 Å². The van der Waals surface area contributed by atoms with Crippen molar-refractivity contribution in [3.05, 3.63) is 36.5 Å². The van der Waals surface area contributed by atoms with Crippen LogP contribution in [0.1, 0.15) is 20.3 Å². The molecule has 1 heterocycles. The van der Waals surface area contributed by atoms with Gasteiger partial charge in [-0.2, -0.15) is 4.72 Å². The zero-order valence-electron chi connectivity index (χ0n) is 12.4. The van der Waals surface area contributed by atoms with E-state index in [2.05, 4.69) is 9.71 Å². The summed E-state index contributed by atoms with van der Waals surface area (Å²) in [5.41, 5.74) is 0.679. The van der Waals surface area contributed by atoms with Crippen molar-refractivity contribution in [2.24, 2.45) is 5.92 Å². The van der Waals surface area contributed by atoms with Crippen LogP contribution in [0.5, 0.6) is 0 Å². The van der Waals surface area contributed by atoms with Crippen LogP contribution in [-0.2, 0) is 14.8 Å². The van der Waals surface area contributed by atoms with E-state index in [-0.39, 0.29) is 17.2 Å². The maximum Gasteiger partial charge on any atom is 0.321 e. The van der Waals surface area contributed by atoms with Crippen molar-refractivity contribution in [3.63, 3.8) is 0 Å². The SMILES string of the molecule is CC(C)C[C@H](NS(=O)(=O)c1ccc2ncccc2c1)C(=O)O. The van der Waals surface area contributed by atoms with E-state index >= 15 is 0 Å². The topological polar surface area (TPSA) is 96.4 Å². The summed E-state index contributed by atoms with van der Waals surface area (Å²) >= 11 is 0. The number of benzene rings is 1. The second-order valence-electron chi connectivity index (χ2n) is 5.50. The Hall–Kier alpha value is -1.99. The highest BCUT2D eigenvalue weighted by atomic mass is 32.2. The number of rotatable bonds is 6. The van der Waals surface area contributed by atoms with Gasteiger partial charge in [-0.3, -0.25) is 9.78 Å². The standard InChI is InChI=1S/C15H18N2O4S/c1-10(2)8-14(15(18)19)17-22(20,21)12-5-6-13-11(9-12)4-3-7-16-13/h3-7,9-10,14,17H,8H2,1-2H3,(H,18,19)/t14-/m0/s1. The van der Waals surface area contributed by atoms with E-state index in [9.17, 15) is 13.2 Å². The highest BCUT2D eigenvalue weighted by Crippen LogP contribution is 2.18. The molecule has 0 saturated carbocycles. The average molecular weight is 322 g/mol. The van der Waals surface area contributed by atoms with Crippen molar-refractivity contribution in [3.8, 4) is 0 Å². The van der Waals surface area contributed by atoms with Crippen molar-refractivity contribution in [1.82, 2.24) is 9.71 Å². The zero-order chi connectivity index (χ0) is 16.3. The molecule has 118 valence electrons. The lowest BCUT2D eigenvalue weighted by Crippen LogP contribution is -2.41. The minimum Gasteiger partial charge on any atom is -0.480 e. The van der Waals surface area contributed by atoms with Crippen molar-refractivity contribution < 1.29 is 18.3 Å². The molecule has 2 rings (SSSR count). The Kier molecular flexibility index (Phi) is 4.77. The van der Waals surface area contributed by atoms with Crippen molar-refractivity contribution >= 4 is 26.9 Å². The number of hydrogen-bond acceptors (Lipinski definition) is 4. The van der Waals surface area contributed by atoms with Crippen LogP contribution in [0.15, 0.2) is 41.4 Å². The van der Waals surface area contributed by atoms with Crippen LogP contribution in [0.25, 0.3) is 10.9 Å². The minimum absolute atomic E-state index is 0.0306. The fourth-order valence-corrected chi connectivity index (χ4v) is 3.38. The molecule has 22 heavy (non-hydrogen) atoms. The Bertz CT molecular complexity index is 787. The first-order valence-electron chi connectivity index (χ1n) is 6.89. The average Bonchev–Trinajstić information content (AvgIpc) is 2.45. The predicted molar refractivity (Wildman–Crippen MR) is 82.9 cm³/mol. The Morgan fingerprint density at radius 1 is 1.32 bits per heavy atom. The van der Waals surface area contributed by atoms with Gasteiger partial charge in [0, 0.05) is 11.6 Å². The van der Waals surface area contributed by atoms with Crippen molar-refractivity contribution in [2.45, 2.75) is 31.2 Å². The lowest BCUT2D eigenvalue weighted by Gasteiger charge is -2.16. The first-order chi connectivity index (χ1) is 10.3. The molecule has 1 aromatic heterocycles. The largest absolute Gasteiger partial charge is 0.480 e. The third kappa shape index (κ3) is 3.80. The molecule has 0 fully saturated rings. The molecular weight excluding hydrogens is 304 g/mol. The molecule has 7 heteroatoms. The zero-order valence-corrected chi connectivity index (χ0v) is 13.2. The van der Waals surface area contributed by atoms with Gasteiger partial charge in [0.2, 0.25) is 10.0 Å². The van der Waals surface area contributed by atoms with E-state index in [0.717, 1.165) is 0 Å². The highest BCUT2D eigenvalue weighted by Gasteiger charge is 2.26. The molecule has 1 aromatic carbocycles. The minimum atomic E-state index is -3.90. The van der Waals surface area contributed by atoms with Crippen LogP contribution in [0, 0.1) is 5.92 Å². The Morgan fingerprint density at radius 3 is 2.68 bits per heavy atom. The second-order valence-corrected chi connectivity index (χ2v) is 7.21. The summed E-state index contributed by atoms with van der Waals surface area (Å²) in [5, 5.41) is 9.85. The van der Waals surface area contributed by atoms with Gasteiger partial charge in [-0.1, -0.05) is 19.9 Å². The van der Waals surface area contributed by atoms with Crippen LogP contribution in [-0.4, -0.2) is 30.5 Å². The molecule has 2 aromatic rings. The molecule has 6 nitrogen and oxygen atoms in total. The van der Waals surface area contributed by atoms with Gasteiger partial charge in [-0.25, -0.2) is 8.42 Å². The molecule has 0 aliphatic carbocycles. The maximum absolute atomic E-state index is 12.4. The molecular formula is C15H18N2O4S. The van der Waals surface area contributed by atoms with E-state index in [1.54, 1.807) is 24.4 Å². The molecule has 0 radical (unpaired) electrons. The number of carbonyl (C=O) groups is 1. The Balaban J connectivity index is 2.33. The van der Waals surface area contributed by atoms with Gasteiger partial charge in [0.15, 0.2) is 0 Å². The summed E-state index contributed by atoms with van der Waals surface area (Å²) in [4.78, 5) is 15.4. The molecule has 0 saturated heterocycles. The number of nitrogens with zero attached hydrogens (tertiary/aromatic N) is 1. The molecule has 0 aliphatic rings. The van der Waals surface area contributed by atoms with Gasteiger partial charge in [-0.15, -0.1) is 0 Å². The number of aromatic nitrogens is 1. The van der Waals surface area contributed by atoms with Gasteiger partial charge in [0.1, 0.15) is 6.04 Å². The molecule has 0 unspecified atom stereocenters. The van der Waals surface area contributed by atoms with E-state index in [0.29, 0.717) is 10.9 Å². The quantitative estimate of drug-likeness (QED) is 0.848. The van der Waals surface area contributed by atoms with Gasteiger partial charge >= 0.3 is 5.97 Å². The fraction of sp³-hybridized carbons (Fsp3) is 0.333. The number of aliphatic carboxylic acids is 1. The number of nitrogens with one attached hydrogen (secondary N) is 1. The van der Waals surface area contributed by atoms with Gasteiger partial charge in [0.05, 0.1) is 10.4 Å². The number of sulfonamides is 1. The number of hydrogen-bond donors (Lipinski definition) is 2. The summed E-state index contributed by atoms with van der Waals surface area (Å²) in [6.45, 7) is 3.68. The molecule has 0 bridgehead atoms. The maximum atomic E-state index is 12.4. The third-order valence-electron chi connectivity index (χ3n) is 3.19. The summed E-state index contributed by atoms with van der Waals surface area (Å²) in [5.74, 6) is -1.12. The predicted octanol–water partition coefficient (Wildman–Crippen LogP) is 2.01. The molecule has 0 spiro atoms. The number of carboxylic acid groups (broad SMARTS) is 1. The number of carboxylic acids is 1. The fourth-order valence-electron chi connectivity index (χ4n) is 2.15. The normalized spacial score (nSPS) is 13.4. The Morgan fingerprint density at radius 2 is 2.05 bits per heavy atom. The van der Waals surface area contributed by atoms with Gasteiger partial charge in [0.25, 0.3) is 0 Å². The highest BCUT2D eigenvalue weighted by molar-refractivity contribution is 7.89. The summed E-state index contributed by atoms with van der Waals surface area (Å²) in [7, 11) is -3.90. The summed E-state index contributed by atoms with van der Waals surface area (Å²) in [6, 6.07) is 6.83. The van der Waals surface area contributed by atoms with Gasteiger partial charge < -0.3 is 5.11 Å². The van der Waals surface area contributed by atoms with Gasteiger partial charge in [-0.05, 0) is 36.6 Å². The first-order valence-corrected chi connectivity index (χ1v) is 8.38. The second kappa shape index (κ2) is 6.41. The molecule has 0 amide bonds. The molecule has 0 aliphatic heterocycles. The summed E-state index contributed by atoms with van der Waals surface area (Å²) in [6.07, 6.45) is 1.85. The number of fused-ring (bicyclic) bond motifs is 1. The smallest absolute Gasteiger partial charge is 0.321 e. The van der Waals surface area contributed by atoms with E-state index < -0.39 is 22.0 Å². The van der Waals surface area contributed by atoms with Crippen LogP contribution >= 0.6 is 0 Å². The lowest BCUT2D eigenvalue weighted by molar-refractivity contribution is -0.139. The van der Waals surface area contributed by atoms with Crippen LogP contribution in [0.4, 0.5) is 0 Å². The first kappa shape index (κ1) is 16.4. The third-order valence-corrected chi connectivity index (χ3v) is 4.66. The number of pyridine rings is 1. The monoisotopic (exact) mass is 322 g/mol. The summed E-state index contributed by atoms with van der Waals surface area (Å²) < 4.78 is 27.0. The van der Waals surface area contributed by atoms with E-state index in [4.69, 9.17) is 5.11 Å². The van der Waals surface area contributed by atoms with Crippen molar-refractivity contribution in [1.29, 1.82) is 0 Å². The van der Waals surface area contributed by atoms with E-state index in [1.165, 1.54) is 12.1 Å². The Labute approximate surface area is 129 Å². The lowest BCUT2D eigenvalue weighted by atomic mass is 10.1. The van der Waals surface area contributed by atoms with Crippen LogP contribution < -0.4 is 4.72 Å². The van der Waals surface area contributed by atoms with E-state index in [1.807, 2.05) is 13.8 Å². The molecule has 2 N–H and O–H groups in total. The molecule has 1 atom stereocenters. The van der Waals surface area contributed by atoms with Crippen LogP contribution in [0.3, 0.4) is 0 Å².